The van der Waals surface area contributed by atoms with Gasteiger partial charge in [-0.05, 0) is 37.6 Å². The average molecular weight is 259 g/mol. The molecule has 2 aromatic rings. The minimum absolute atomic E-state index is 0.0274. The van der Waals surface area contributed by atoms with Crippen molar-refractivity contribution >= 4 is 10.9 Å². The Labute approximate surface area is 111 Å². The molecule has 0 bridgehead atoms. The van der Waals surface area contributed by atoms with Crippen LogP contribution in [0.3, 0.4) is 0 Å². The molecule has 1 aliphatic heterocycles. The molecule has 1 aromatic carbocycles. The van der Waals surface area contributed by atoms with Gasteiger partial charge in [0.2, 0.25) is 0 Å². The van der Waals surface area contributed by atoms with Gasteiger partial charge in [0, 0.05) is 12.6 Å². The molecule has 1 fully saturated rings. The molecule has 0 amide bonds. The van der Waals surface area contributed by atoms with Gasteiger partial charge in [-0.3, -0.25) is 9.36 Å². The van der Waals surface area contributed by atoms with Crippen LogP contribution in [-0.2, 0) is 6.54 Å². The van der Waals surface area contributed by atoms with Crippen molar-refractivity contribution in [3.8, 4) is 5.75 Å². The number of hydrogen-bond donors (Lipinski definition) is 1. The van der Waals surface area contributed by atoms with Crippen molar-refractivity contribution in [2.75, 3.05) is 20.2 Å². The van der Waals surface area contributed by atoms with Gasteiger partial charge in [-0.2, -0.15) is 0 Å². The first-order valence-corrected chi connectivity index (χ1v) is 6.52. The first-order valence-electron chi connectivity index (χ1n) is 6.52. The zero-order valence-corrected chi connectivity index (χ0v) is 10.9. The summed E-state index contributed by atoms with van der Waals surface area (Å²) in [7, 11) is 1.61. The molecule has 1 aliphatic rings. The second-order valence-corrected chi connectivity index (χ2v) is 4.94. The monoisotopic (exact) mass is 259 g/mol. The van der Waals surface area contributed by atoms with Gasteiger partial charge in [0.15, 0.2) is 0 Å². The number of rotatable bonds is 3. The van der Waals surface area contributed by atoms with Crippen LogP contribution in [0.1, 0.15) is 6.42 Å². The highest BCUT2D eigenvalue weighted by Gasteiger charge is 2.16. The van der Waals surface area contributed by atoms with Crippen LogP contribution in [0.4, 0.5) is 0 Å². The summed E-state index contributed by atoms with van der Waals surface area (Å²) in [6.45, 7) is 2.76. The lowest BCUT2D eigenvalue weighted by Crippen LogP contribution is -2.25. The summed E-state index contributed by atoms with van der Waals surface area (Å²) in [5, 5.41) is 3.96. The third-order valence-electron chi connectivity index (χ3n) is 3.65. The summed E-state index contributed by atoms with van der Waals surface area (Å²) < 4.78 is 6.86. The molecule has 0 aliphatic carbocycles. The van der Waals surface area contributed by atoms with Crippen LogP contribution < -0.4 is 15.6 Å². The molecule has 0 saturated carbocycles. The van der Waals surface area contributed by atoms with Crippen LogP contribution in [0, 0.1) is 5.92 Å². The lowest BCUT2D eigenvalue weighted by molar-refractivity contribution is 0.415. The molecule has 3 rings (SSSR count). The summed E-state index contributed by atoms with van der Waals surface area (Å²) in [6, 6.07) is 5.37. The van der Waals surface area contributed by atoms with Crippen molar-refractivity contribution in [1.82, 2.24) is 14.9 Å². The molecule has 100 valence electrons. The Bertz CT molecular complexity index is 645. The van der Waals surface area contributed by atoms with Crippen LogP contribution in [0.5, 0.6) is 5.75 Å². The maximum Gasteiger partial charge on any atom is 0.261 e. The first kappa shape index (κ1) is 12.2. The molecular formula is C14H17N3O2. The highest BCUT2D eigenvalue weighted by molar-refractivity contribution is 5.78. The summed E-state index contributed by atoms with van der Waals surface area (Å²) in [6.07, 6.45) is 2.76. The fourth-order valence-corrected chi connectivity index (χ4v) is 2.54. The standard InChI is InChI=1S/C14H17N3O2/c1-19-11-2-3-12-13(6-11)16-9-17(14(12)18)8-10-4-5-15-7-10/h2-3,6,9-10,15H,4-5,7-8H2,1H3. The maximum absolute atomic E-state index is 12.4. The normalized spacial score (nSPS) is 18.9. The summed E-state index contributed by atoms with van der Waals surface area (Å²) in [5.74, 6) is 1.24. The van der Waals surface area contributed by atoms with Gasteiger partial charge in [0.05, 0.1) is 24.3 Å². The van der Waals surface area contributed by atoms with E-state index in [-0.39, 0.29) is 5.56 Å². The van der Waals surface area contributed by atoms with Crippen molar-refractivity contribution in [1.29, 1.82) is 0 Å². The molecule has 1 saturated heterocycles. The van der Waals surface area contributed by atoms with Crippen LogP contribution in [0.25, 0.3) is 10.9 Å². The van der Waals surface area contributed by atoms with Crippen molar-refractivity contribution in [3.63, 3.8) is 0 Å². The van der Waals surface area contributed by atoms with Crippen LogP contribution >= 0.6 is 0 Å². The second kappa shape index (κ2) is 5.01. The Balaban J connectivity index is 1.98. The molecule has 1 aromatic heterocycles. The molecule has 19 heavy (non-hydrogen) atoms. The van der Waals surface area contributed by atoms with Gasteiger partial charge in [0.25, 0.3) is 5.56 Å². The largest absolute Gasteiger partial charge is 0.497 e. The number of nitrogens with one attached hydrogen (secondary N) is 1. The zero-order valence-electron chi connectivity index (χ0n) is 10.9. The Kier molecular flexibility index (Phi) is 3.21. The number of benzene rings is 1. The van der Waals surface area contributed by atoms with E-state index in [1.807, 2.05) is 0 Å². The number of fused-ring (bicyclic) bond motifs is 1. The lowest BCUT2D eigenvalue weighted by atomic mass is 10.1. The SMILES string of the molecule is COc1ccc2c(=O)n(CC3CCNC3)cnc2c1. The first-order chi connectivity index (χ1) is 9.28. The van der Waals surface area contributed by atoms with Crippen molar-refractivity contribution in [2.24, 2.45) is 5.92 Å². The molecule has 5 heteroatoms. The summed E-state index contributed by atoms with van der Waals surface area (Å²) in [5.41, 5.74) is 0.713. The van der Waals surface area contributed by atoms with Gasteiger partial charge in [-0.15, -0.1) is 0 Å². The predicted molar refractivity (Wildman–Crippen MR) is 73.5 cm³/mol. The second-order valence-electron chi connectivity index (χ2n) is 4.94. The van der Waals surface area contributed by atoms with E-state index in [2.05, 4.69) is 10.3 Å². The third kappa shape index (κ3) is 2.33. The molecule has 5 nitrogen and oxygen atoms in total. The molecule has 0 spiro atoms. The summed E-state index contributed by atoms with van der Waals surface area (Å²) in [4.78, 5) is 16.7. The number of hydrogen-bond acceptors (Lipinski definition) is 4. The van der Waals surface area contributed by atoms with Crippen molar-refractivity contribution in [3.05, 3.63) is 34.9 Å². The minimum atomic E-state index is 0.0274. The van der Waals surface area contributed by atoms with E-state index in [0.717, 1.165) is 31.8 Å². The van der Waals surface area contributed by atoms with E-state index in [1.165, 1.54) is 0 Å². The number of nitrogens with zero attached hydrogens (tertiary/aromatic N) is 2. The predicted octanol–water partition coefficient (Wildman–Crippen LogP) is 1.01. The van der Waals surface area contributed by atoms with E-state index in [0.29, 0.717) is 16.8 Å². The molecule has 0 radical (unpaired) electrons. The van der Waals surface area contributed by atoms with E-state index >= 15 is 0 Å². The summed E-state index contributed by atoms with van der Waals surface area (Å²) >= 11 is 0. The maximum atomic E-state index is 12.4. The minimum Gasteiger partial charge on any atom is -0.497 e. The smallest absolute Gasteiger partial charge is 0.261 e. The Morgan fingerprint density at radius 3 is 3.16 bits per heavy atom. The Morgan fingerprint density at radius 2 is 2.42 bits per heavy atom. The third-order valence-corrected chi connectivity index (χ3v) is 3.65. The number of methoxy groups -OCH3 is 1. The number of ether oxygens (including phenoxy) is 1. The van der Waals surface area contributed by atoms with Crippen molar-refractivity contribution in [2.45, 2.75) is 13.0 Å². The van der Waals surface area contributed by atoms with E-state index in [9.17, 15) is 4.79 Å². The molecule has 1 unspecified atom stereocenters. The van der Waals surface area contributed by atoms with Gasteiger partial charge >= 0.3 is 0 Å². The van der Waals surface area contributed by atoms with Gasteiger partial charge < -0.3 is 10.1 Å². The van der Waals surface area contributed by atoms with E-state index < -0.39 is 0 Å². The highest BCUT2D eigenvalue weighted by Crippen LogP contribution is 2.16. The van der Waals surface area contributed by atoms with E-state index in [1.54, 1.807) is 36.2 Å². The van der Waals surface area contributed by atoms with E-state index in [4.69, 9.17) is 4.74 Å². The topological polar surface area (TPSA) is 56.1 Å². The van der Waals surface area contributed by atoms with Crippen molar-refractivity contribution < 1.29 is 4.74 Å². The highest BCUT2D eigenvalue weighted by atomic mass is 16.5. The fraction of sp³-hybridized carbons (Fsp3) is 0.429. The molecule has 1 atom stereocenters. The molecule has 2 heterocycles. The zero-order chi connectivity index (χ0) is 13.2. The van der Waals surface area contributed by atoms with Crippen LogP contribution in [-0.4, -0.2) is 29.8 Å². The quantitative estimate of drug-likeness (QED) is 0.894. The molecular weight excluding hydrogens is 242 g/mol. The van der Waals surface area contributed by atoms with Gasteiger partial charge in [0.1, 0.15) is 5.75 Å². The van der Waals surface area contributed by atoms with Gasteiger partial charge in [-0.25, -0.2) is 4.98 Å². The lowest BCUT2D eigenvalue weighted by Gasteiger charge is -2.11. The Morgan fingerprint density at radius 1 is 1.53 bits per heavy atom. The Hall–Kier alpha value is -1.88. The average Bonchev–Trinajstić information content (AvgIpc) is 2.94. The van der Waals surface area contributed by atoms with Crippen LogP contribution in [0.2, 0.25) is 0 Å². The molecule has 1 N–H and O–H groups in total. The van der Waals surface area contributed by atoms with Crippen LogP contribution in [0.15, 0.2) is 29.3 Å². The fourth-order valence-electron chi connectivity index (χ4n) is 2.54. The van der Waals surface area contributed by atoms with Gasteiger partial charge in [-0.1, -0.05) is 0 Å². The number of aromatic nitrogens is 2.